The first-order valence-electron chi connectivity index (χ1n) is 13.6. The quantitative estimate of drug-likeness (QED) is 0.211. The molecule has 0 fully saturated rings. The van der Waals surface area contributed by atoms with Crippen molar-refractivity contribution in [2.45, 2.75) is 45.4 Å². The van der Waals surface area contributed by atoms with Crippen LogP contribution in [0, 0.1) is 0 Å². The molecular weight excluding hydrogens is 452 g/mol. The van der Waals surface area contributed by atoms with E-state index in [1.54, 1.807) is 0 Å². The number of unbranched alkanes of at least 4 members (excludes halogenated alkanes) is 4. The Hall–Kier alpha value is -4.04. The van der Waals surface area contributed by atoms with Crippen LogP contribution in [0.1, 0.15) is 44.6 Å². The summed E-state index contributed by atoms with van der Waals surface area (Å²) in [5.41, 5.74) is 7.31. The Balaban J connectivity index is 1.31. The van der Waals surface area contributed by atoms with Crippen LogP contribution >= 0.6 is 0 Å². The highest BCUT2D eigenvalue weighted by molar-refractivity contribution is 6.20. The highest BCUT2D eigenvalue weighted by Gasteiger charge is 2.17. The average Bonchev–Trinajstić information content (AvgIpc) is 3.49. The SMILES string of the molecule is CCCCCCCc1ccc2c(c1)oc1c2ccc2c3cc4ccc(-c5ccccc5)cc4cc3oc21. The minimum absolute atomic E-state index is 0.836. The molecule has 182 valence electrons. The van der Waals surface area contributed by atoms with Crippen molar-refractivity contribution in [1.29, 1.82) is 0 Å². The zero-order valence-corrected chi connectivity index (χ0v) is 21.2. The highest BCUT2D eigenvalue weighted by Crippen LogP contribution is 2.40. The second-order valence-electron chi connectivity index (χ2n) is 10.3. The summed E-state index contributed by atoms with van der Waals surface area (Å²) in [7, 11) is 0. The van der Waals surface area contributed by atoms with Crippen LogP contribution in [0.5, 0.6) is 0 Å². The number of rotatable bonds is 7. The number of aryl methyl sites for hydroxylation is 1. The molecule has 0 atom stereocenters. The molecule has 0 aliphatic heterocycles. The monoisotopic (exact) mass is 482 g/mol. The second-order valence-corrected chi connectivity index (χ2v) is 10.3. The van der Waals surface area contributed by atoms with Gasteiger partial charge in [-0.25, -0.2) is 0 Å². The first-order valence-corrected chi connectivity index (χ1v) is 13.6. The summed E-state index contributed by atoms with van der Waals surface area (Å²) >= 11 is 0. The Labute approximate surface area is 216 Å². The van der Waals surface area contributed by atoms with Gasteiger partial charge in [0.15, 0.2) is 11.2 Å². The van der Waals surface area contributed by atoms with E-state index in [0.717, 1.165) is 50.3 Å². The molecule has 5 aromatic carbocycles. The van der Waals surface area contributed by atoms with Crippen molar-refractivity contribution in [3.05, 3.63) is 96.6 Å². The largest absolute Gasteiger partial charge is 0.452 e. The summed E-state index contributed by atoms with van der Waals surface area (Å²) in [6.07, 6.45) is 7.59. The maximum atomic E-state index is 6.49. The molecule has 0 unspecified atom stereocenters. The smallest absolute Gasteiger partial charge is 0.178 e. The summed E-state index contributed by atoms with van der Waals surface area (Å²) in [6, 6.07) is 32.7. The van der Waals surface area contributed by atoms with Gasteiger partial charge in [-0.05, 0) is 76.7 Å². The van der Waals surface area contributed by atoms with Crippen LogP contribution in [0.25, 0.3) is 65.8 Å². The van der Waals surface area contributed by atoms with E-state index in [2.05, 4.69) is 97.9 Å². The molecule has 0 saturated heterocycles. The molecule has 2 heterocycles. The van der Waals surface area contributed by atoms with Crippen molar-refractivity contribution in [2.75, 3.05) is 0 Å². The third-order valence-electron chi connectivity index (χ3n) is 7.78. The molecular formula is C35H30O2. The van der Waals surface area contributed by atoms with Crippen LogP contribution < -0.4 is 0 Å². The van der Waals surface area contributed by atoms with Crippen LogP contribution in [0.15, 0.2) is 99.8 Å². The zero-order chi connectivity index (χ0) is 24.8. The molecule has 0 amide bonds. The normalized spacial score (nSPS) is 12.0. The highest BCUT2D eigenvalue weighted by atomic mass is 16.4. The Morgan fingerprint density at radius 1 is 0.514 bits per heavy atom. The van der Waals surface area contributed by atoms with E-state index in [4.69, 9.17) is 8.83 Å². The van der Waals surface area contributed by atoms with Crippen LogP contribution in [0.2, 0.25) is 0 Å². The van der Waals surface area contributed by atoms with Gasteiger partial charge in [0, 0.05) is 21.5 Å². The van der Waals surface area contributed by atoms with E-state index in [0.29, 0.717) is 0 Å². The molecule has 0 aliphatic carbocycles. The molecule has 2 aromatic heterocycles. The molecule has 2 heteroatoms. The standard InChI is InChI=1S/C35H30O2/c1-2-3-4-5-7-10-23-13-16-28-29-17-18-30-31-21-26-15-14-25(24-11-8-6-9-12-24)20-27(26)22-33(31)37-35(30)34(29)36-32(28)19-23/h6,8-9,11-22H,2-5,7,10H2,1H3. The van der Waals surface area contributed by atoms with E-state index in [9.17, 15) is 0 Å². The van der Waals surface area contributed by atoms with Crippen molar-refractivity contribution in [3.63, 3.8) is 0 Å². The van der Waals surface area contributed by atoms with E-state index in [1.165, 1.54) is 59.6 Å². The van der Waals surface area contributed by atoms with Gasteiger partial charge in [0.2, 0.25) is 0 Å². The van der Waals surface area contributed by atoms with Gasteiger partial charge in [0.1, 0.15) is 11.2 Å². The lowest BCUT2D eigenvalue weighted by Gasteiger charge is -2.04. The number of hydrogen-bond donors (Lipinski definition) is 0. The number of hydrogen-bond acceptors (Lipinski definition) is 2. The van der Waals surface area contributed by atoms with E-state index >= 15 is 0 Å². The number of furan rings is 2. The fourth-order valence-corrected chi connectivity index (χ4v) is 5.75. The molecule has 0 radical (unpaired) electrons. The molecule has 7 aromatic rings. The summed E-state index contributed by atoms with van der Waals surface area (Å²) in [6.45, 7) is 2.26. The first kappa shape index (κ1) is 22.2. The van der Waals surface area contributed by atoms with Gasteiger partial charge in [-0.15, -0.1) is 0 Å². The third-order valence-corrected chi connectivity index (χ3v) is 7.78. The van der Waals surface area contributed by atoms with Crippen LogP contribution in [0.3, 0.4) is 0 Å². The fraction of sp³-hybridized carbons (Fsp3) is 0.200. The Morgan fingerprint density at radius 2 is 1.24 bits per heavy atom. The Bertz CT molecular complexity index is 1890. The number of benzene rings is 5. The topological polar surface area (TPSA) is 26.3 Å². The molecule has 37 heavy (non-hydrogen) atoms. The van der Waals surface area contributed by atoms with Crippen LogP contribution in [-0.2, 0) is 6.42 Å². The molecule has 0 aliphatic rings. The molecule has 0 bridgehead atoms. The van der Waals surface area contributed by atoms with Gasteiger partial charge in [-0.1, -0.05) is 87.2 Å². The lowest BCUT2D eigenvalue weighted by molar-refractivity contribution is 0.628. The number of fused-ring (bicyclic) bond motifs is 8. The Morgan fingerprint density at radius 3 is 2.05 bits per heavy atom. The molecule has 0 N–H and O–H groups in total. The van der Waals surface area contributed by atoms with Gasteiger partial charge >= 0.3 is 0 Å². The lowest BCUT2D eigenvalue weighted by atomic mass is 9.99. The minimum Gasteiger partial charge on any atom is -0.452 e. The molecule has 0 saturated carbocycles. The minimum atomic E-state index is 0.836. The molecule has 0 spiro atoms. The molecule has 2 nitrogen and oxygen atoms in total. The van der Waals surface area contributed by atoms with Crippen molar-refractivity contribution in [1.82, 2.24) is 0 Å². The molecule has 7 rings (SSSR count). The Kier molecular flexibility index (Phi) is 5.47. The van der Waals surface area contributed by atoms with Gasteiger partial charge in [0.25, 0.3) is 0 Å². The lowest BCUT2D eigenvalue weighted by Crippen LogP contribution is -1.85. The van der Waals surface area contributed by atoms with Gasteiger partial charge < -0.3 is 8.83 Å². The summed E-state index contributed by atoms with van der Waals surface area (Å²) in [5, 5.41) is 6.90. The average molecular weight is 483 g/mol. The summed E-state index contributed by atoms with van der Waals surface area (Å²) in [5.74, 6) is 0. The predicted octanol–water partition coefficient (Wildman–Crippen LogP) is 10.8. The van der Waals surface area contributed by atoms with Gasteiger partial charge in [-0.3, -0.25) is 0 Å². The van der Waals surface area contributed by atoms with E-state index in [1.807, 2.05) is 0 Å². The van der Waals surface area contributed by atoms with Gasteiger partial charge in [-0.2, -0.15) is 0 Å². The van der Waals surface area contributed by atoms with Crippen molar-refractivity contribution >= 4 is 54.6 Å². The maximum Gasteiger partial charge on any atom is 0.178 e. The van der Waals surface area contributed by atoms with E-state index < -0.39 is 0 Å². The fourth-order valence-electron chi connectivity index (χ4n) is 5.75. The second kappa shape index (κ2) is 9.12. The predicted molar refractivity (Wildman–Crippen MR) is 156 cm³/mol. The summed E-state index contributed by atoms with van der Waals surface area (Å²) in [4.78, 5) is 0. The summed E-state index contributed by atoms with van der Waals surface area (Å²) < 4.78 is 12.9. The maximum absolute atomic E-state index is 6.49. The zero-order valence-electron chi connectivity index (χ0n) is 21.2. The first-order chi connectivity index (χ1) is 18.3. The van der Waals surface area contributed by atoms with Crippen molar-refractivity contribution < 1.29 is 8.83 Å². The van der Waals surface area contributed by atoms with Crippen LogP contribution in [-0.4, -0.2) is 0 Å². The van der Waals surface area contributed by atoms with E-state index in [-0.39, 0.29) is 0 Å². The van der Waals surface area contributed by atoms with Crippen LogP contribution in [0.4, 0.5) is 0 Å². The third kappa shape index (κ3) is 3.88. The van der Waals surface area contributed by atoms with Gasteiger partial charge in [0.05, 0.1) is 0 Å². The van der Waals surface area contributed by atoms with Crippen molar-refractivity contribution in [2.24, 2.45) is 0 Å². The van der Waals surface area contributed by atoms with Crippen molar-refractivity contribution in [3.8, 4) is 11.1 Å².